The van der Waals surface area contributed by atoms with Gasteiger partial charge in [0.2, 0.25) is 0 Å². The van der Waals surface area contributed by atoms with Crippen molar-refractivity contribution in [1.82, 2.24) is 24.9 Å². The zero-order valence-electron chi connectivity index (χ0n) is 19.0. The molecule has 0 amide bonds. The van der Waals surface area contributed by atoms with Crippen molar-refractivity contribution in [3.8, 4) is 11.4 Å². The summed E-state index contributed by atoms with van der Waals surface area (Å²) in [5.74, 6) is 0.859. The van der Waals surface area contributed by atoms with Gasteiger partial charge >= 0.3 is 0 Å². The summed E-state index contributed by atoms with van der Waals surface area (Å²) < 4.78 is 9.49. The van der Waals surface area contributed by atoms with E-state index in [1.165, 1.54) is 22.5 Å². The Bertz CT molecular complexity index is 1030. The standard InChI is InChI=1S/C24H33N5O/c1-7-28-17(3)20(16(2)27-28)14-25-22-12-24(4,5)13-23-21(22)15-26-29(23)18-8-10-19(30-6)11-9-18/h8-11,15,22,25H,7,12-14H2,1-6H3. The Labute approximate surface area is 179 Å². The molecule has 6 heteroatoms. The van der Waals surface area contributed by atoms with E-state index in [-0.39, 0.29) is 11.5 Å². The molecule has 1 N–H and O–H groups in total. The second-order valence-electron chi connectivity index (χ2n) is 9.10. The number of methoxy groups -OCH3 is 1. The number of nitrogens with zero attached hydrogens (tertiary/aromatic N) is 4. The Morgan fingerprint density at radius 1 is 1.20 bits per heavy atom. The van der Waals surface area contributed by atoms with Crippen LogP contribution in [0.2, 0.25) is 0 Å². The first-order valence-electron chi connectivity index (χ1n) is 10.8. The van der Waals surface area contributed by atoms with Crippen LogP contribution in [-0.4, -0.2) is 26.7 Å². The van der Waals surface area contributed by atoms with E-state index in [1.807, 2.05) is 18.3 Å². The van der Waals surface area contributed by atoms with E-state index in [0.717, 1.165) is 43.1 Å². The lowest BCUT2D eigenvalue weighted by Crippen LogP contribution is -2.33. The Hall–Kier alpha value is -2.60. The highest BCUT2D eigenvalue weighted by Crippen LogP contribution is 2.41. The Balaban J connectivity index is 1.62. The molecule has 1 unspecified atom stereocenters. The predicted molar refractivity (Wildman–Crippen MR) is 119 cm³/mol. The van der Waals surface area contributed by atoms with Crippen LogP contribution < -0.4 is 10.1 Å². The van der Waals surface area contributed by atoms with Crippen LogP contribution in [0.5, 0.6) is 5.75 Å². The lowest BCUT2D eigenvalue weighted by Gasteiger charge is -2.36. The van der Waals surface area contributed by atoms with Crippen LogP contribution >= 0.6 is 0 Å². The first-order valence-corrected chi connectivity index (χ1v) is 10.8. The summed E-state index contributed by atoms with van der Waals surface area (Å²) >= 11 is 0. The van der Waals surface area contributed by atoms with E-state index in [0.29, 0.717) is 0 Å². The minimum atomic E-state index is 0.201. The number of benzene rings is 1. The Morgan fingerprint density at radius 2 is 1.93 bits per heavy atom. The maximum absolute atomic E-state index is 5.31. The summed E-state index contributed by atoms with van der Waals surface area (Å²) in [6.07, 6.45) is 4.15. The molecule has 0 aliphatic heterocycles. The summed E-state index contributed by atoms with van der Waals surface area (Å²) in [5.41, 5.74) is 7.56. The number of aryl methyl sites for hydroxylation is 2. The predicted octanol–water partition coefficient (Wildman–Crippen LogP) is 4.52. The fraction of sp³-hybridized carbons (Fsp3) is 0.500. The smallest absolute Gasteiger partial charge is 0.119 e. The number of fused-ring (bicyclic) bond motifs is 1. The number of hydrogen-bond donors (Lipinski definition) is 1. The van der Waals surface area contributed by atoms with E-state index in [2.05, 4.69) is 66.5 Å². The summed E-state index contributed by atoms with van der Waals surface area (Å²) in [7, 11) is 1.69. The zero-order valence-corrected chi connectivity index (χ0v) is 19.0. The van der Waals surface area contributed by atoms with E-state index < -0.39 is 0 Å². The van der Waals surface area contributed by atoms with Crippen molar-refractivity contribution < 1.29 is 4.74 Å². The average molecular weight is 408 g/mol. The van der Waals surface area contributed by atoms with Crippen molar-refractivity contribution in [3.63, 3.8) is 0 Å². The van der Waals surface area contributed by atoms with Gasteiger partial charge in [0, 0.05) is 41.6 Å². The third kappa shape index (κ3) is 3.76. The Morgan fingerprint density at radius 3 is 2.57 bits per heavy atom. The van der Waals surface area contributed by atoms with Crippen LogP contribution in [0.4, 0.5) is 0 Å². The molecule has 1 atom stereocenters. The fourth-order valence-electron chi connectivity index (χ4n) is 4.69. The van der Waals surface area contributed by atoms with E-state index in [9.17, 15) is 0 Å². The van der Waals surface area contributed by atoms with Gasteiger partial charge in [0.05, 0.1) is 24.7 Å². The maximum atomic E-state index is 5.31. The molecular formula is C24H33N5O. The normalized spacial score (nSPS) is 17.7. The number of hydrogen-bond acceptors (Lipinski definition) is 4. The van der Waals surface area contributed by atoms with Gasteiger partial charge in [-0.3, -0.25) is 4.68 Å². The highest BCUT2D eigenvalue weighted by atomic mass is 16.5. The molecule has 0 saturated heterocycles. The molecule has 30 heavy (non-hydrogen) atoms. The van der Waals surface area contributed by atoms with Crippen LogP contribution in [0.25, 0.3) is 5.69 Å². The molecule has 1 aromatic carbocycles. The van der Waals surface area contributed by atoms with Crippen molar-refractivity contribution in [2.75, 3.05) is 7.11 Å². The lowest BCUT2D eigenvalue weighted by atomic mass is 9.74. The van der Waals surface area contributed by atoms with Gasteiger partial charge in [-0.15, -0.1) is 0 Å². The van der Waals surface area contributed by atoms with Gasteiger partial charge < -0.3 is 10.1 Å². The molecule has 3 aromatic rings. The van der Waals surface area contributed by atoms with E-state index in [1.54, 1.807) is 7.11 Å². The van der Waals surface area contributed by atoms with Crippen molar-refractivity contribution in [1.29, 1.82) is 0 Å². The van der Waals surface area contributed by atoms with E-state index in [4.69, 9.17) is 9.84 Å². The summed E-state index contributed by atoms with van der Waals surface area (Å²) in [4.78, 5) is 0. The maximum Gasteiger partial charge on any atom is 0.119 e. The van der Waals surface area contributed by atoms with Gasteiger partial charge in [0.15, 0.2) is 0 Å². The average Bonchev–Trinajstić information content (AvgIpc) is 3.25. The summed E-state index contributed by atoms with van der Waals surface area (Å²) in [6.45, 7) is 12.8. The van der Waals surface area contributed by atoms with Crippen LogP contribution in [0.15, 0.2) is 30.5 Å². The molecule has 1 aliphatic rings. The SMILES string of the molecule is CCn1nc(C)c(CNC2CC(C)(C)Cc3c2cnn3-c2ccc(OC)cc2)c1C. The fourth-order valence-corrected chi connectivity index (χ4v) is 4.69. The molecule has 1 aliphatic carbocycles. The molecular weight excluding hydrogens is 374 g/mol. The van der Waals surface area contributed by atoms with Crippen molar-refractivity contribution >= 4 is 0 Å². The molecule has 2 aromatic heterocycles. The van der Waals surface area contributed by atoms with Gasteiger partial charge in [-0.1, -0.05) is 13.8 Å². The molecule has 0 fully saturated rings. The minimum Gasteiger partial charge on any atom is -0.497 e. The molecule has 0 saturated carbocycles. The number of ether oxygens (including phenoxy) is 1. The second-order valence-corrected chi connectivity index (χ2v) is 9.10. The Kier molecular flexibility index (Phi) is 5.45. The first kappa shape index (κ1) is 20.7. The molecule has 4 rings (SSSR count). The number of nitrogens with one attached hydrogen (secondary N) is 1. The number of aromatic nitrogens is 4. The topological polar surface area (TPSA) is 56.9 Å². The quantitative estimate of drug-likeness (QED) is 0.653. The van der Waals surface area contributed by atoms with Crippen molar-refractivity contribution in [2.24, 2.45) is 5.41 Å². The van der Waals surface area contributed by atoms with Crippen molar-refractivity contribution in [3.05, 3.63) is 58.7 Å². The van der Waals surface area contributed by atoms with Gasteiger partial charge in [-0.05, 0) is 63.3 Å². The van der Waals surface area contributed by atoms with Crippen LogP contribution in [0, 0.1) is 19.3 Å². The molecule has 6 nitrogen and oxygen atoms in total. The van der Waals surface area contributed by atoms with Crippen molar-refractivity contribution in [2.45, 2.75) is 66.6 Å². The molecule has 2 heterocycles. The summed E-state index contributed by atoms with van der Waals surface area (Å²) in [5, 5.41) is 13.3. The largest absolute Gasteiger partial charge is 0.497 e. The van der Waals surface area contributed by atoms with Gasteiger partial charge in [-0.25, -0.2) is 4.68 Å². The second kappa shape index (κ2) is 7.91. The third-order valence-electron chi connectivity index (χ3n) is 6.35. The highest BCUT2D eigenvalue weighted by molar-refractivity contribution is 5.41. The van der Waals surface area contributed by atoms with Gasteiger partial charge in [-0.2, -0.15) is 10.2 Å². The third-order valence-corrected chi connectivity index (χ3v) is 6.35. The highest BCUT2D eigenvalue weighted by Gasteiger charge is 2.35. The van der Waals surface area contributed by atoms with Gasteiger partial charge in [0.25, 0.3) is 0 Å². The first-order chi connectivity index (χ1) is 14.3. The van der Waals surface area contributed by atoms with Crippen LogP contribution in [0.3, 0.4) is 0 Å². The minimum absolute atomic E-state index is 0.201. The zero-order chi connectivity index (χ0) is 21.5. The lowest BCUT2D eigenvalue weighted by molar-refractivity contribution is 0.252. The summed E-state index contributed by atoms with van der Waals surface area (Å²) in [6, 6.07) is 8.40. The molecule has 0 bridgehead atoms. The molecule has 0 spiro atoms. The van der Waals surface area contributed by atoms with Crippen LogP contribution in [-0.2, 0) is 19.5 Å². The molecule has 160 valence electrons. The molecule has 0 radical (unpaired) electrons. The van der Waals surface area contributed by atoms with Crippen LogP contribution in [0.1, 0.15) is 61.4 Å². The van der Waals surface area contributed by atoms with E-state index >= 15 is 0 Å². The number of rotatable bonds is 6. The monoisotopic (exact) mass is 407 g/mol. The van der Waals surface area contributed by atoms with Gasteiger partial charge in [0.1, 0.15) is 5.75 Å².